The fourth-order valence-corrected chi connectivity index (χ4v) is 5.84. The molecule has 186 valence electrons. The molecule has 1 amide bonds. The van der Waals surface area contributed by atoms with Crippen molar-refractivity contribution >= 4 is 39.9 Å². The molecule has 3 aromatic rings. The molecule has 8 heteroatoms. The number of aryl methyl sites for hydroxylation is 1. The van der Waals surface area contributed by atoms with E-state index in [4.69, 9.17) is 11.6 Å². The van der Waals surface area contributed by atoms with Gasteiger partial charge in [-0.25, -0.2) is 9.67 Å². The number of hydrogen-bond donors (Lipinski definition) is 1. The number of anilines is 2. The molecule has 1 atom stereocenters. The van der Waals surface area contributed by atoms with E-state index < -0.39 is 0 Å². The summed E-state index contributed by atoms with van der Waals surface area (Å²) in [5, 5.41) is 9.96. The van der Waals surface area contributed by atoms with Gasteiger partial charge in [-0.2, -0.15) is 5.10 Å². The Bertz CT molecular complexity index is 1180. The molecule has 1 aromatic carbocycles. The molecule has 2 fully saturated rings. The van der Waals surface area contributed by atoms with E-state index in [0.717, 1.165) is 47.1 Å². The zero-order valence-electron chi connectivity index (χ0n) is 20.7. The molecule has 1 aliphatic heterocycles. The van der Waals surface area contributed by atoms with Gasteiger partial charge in [-0.15, -0.1) is 0 Å². The maximum atomic E-state index is 13.8. The number of hydrogen-bond acceptors (Lipinski definition) is 5. The topological polar surface area (TPSA) is 66.3 Å². The summed E-state index contributed by atoms with van der Waals surface area (Å²) < 4.78 is 1.89. The number of amides is 1. The smallest absolute Gasteiger partial charge is 0.257 e. The molecule has 2 aromatic heterocycles. The Hall–Kier alpha value is -2.80. The number of carbonyl (C=O) groups is 1. The molecule has 1 N–H and O–H groups in total. The Balaban J connectivity index is 1.39. The fraction of sp³-hybridized carbons (Fsp3) is 0.519. The lowest BCUT2D eigenvalue weighted by atomic mass is 9.84. The summed E-state index contributed by atoms with van der Waals surface area (Å²) >= 11 is 6.41. The Labute approximate surface area is 212 Å². The Kier molecular flexibility index (Phi) is 7.14. The van der Waals surface area contributed by atoms with Crippen LogP contribution in [0.3, 0.4) is 0 Å². The highest BCUT2D eigenvalue weighted by Crippen LogP contribution is 2.33. The second-order valence-electron chi connectivity index (χ2n) is 9.81. The molecule has 1 saturated heterocycles. The number of benzene rings is 1. The zero-order chi connectivity index (χ0) is 24.4. The SMILES string of the molecule is CCn1ncc2c(NC(C)C3CCCCC3)c(C(=O)N3CCN(c4ccccc4Cl)CC3)cnc21. The Morgan fingerprint density at radius 3 is 2.57 bits per heavy atom. The third-order valence-electron chi connectivity index (χ3n) is 7.69. The van der Waals surface area contributed by atoms with Gasteiger partial charge in [0.15, 0.2) is 5.65 Å². The van der Waals surface area contributed by atoms with Gasteiger partial charge < -0.3 is 15.1 Å². The molecule has 35 heavy (non-hydrogen) atoms. The van der Waals surface area contributed by atoms with E-state index in [2.05, 4.69) is 34.1 Å². The average molecular weight is 495 g/mol. The Morgan fingerprint density at radius 1 is 1.11 bits per heavy atom. The predicted molar refractivity (Wildman–Crippen MR) is 142 cm³/mol. The maximum Gasteiger partial charge on any atom is 0.257 e. The van der Waals surface area contributed by atoms with Crippen LogP contribution < -0.4 is 10.2 Å². The third kappa shape index (κ3) is 4.83. The first-order chi connectivity index (χ1) is 17.1. The van der Waals surface area contributed by atoms with Crippen molar-refractivity contribution in [2.24, 2.45) is 5.92 Å². The summed E-state index contributed by atoms with van der Waals surface area (Å²) in [5.41, 5.74) is 3.37. The number of rotatable bonds is 6. The monoisotopic (exact) mass is 494 g/mol. The van der Waals surface area contributed by atoms with Crippen molar-refractivity contribution in [3.8, 4) is 0 Å². The number of para-hydroxylation sites is 1. The van der Waals surface area contributed by atoms with Gasteiger partial charge in [0.2, 0.25) is 0 Å². The quantitative estimate of drug-likeness (QED) is 0.493. The molecule has 3 heterocycles. The van der Waals surface area contributed by atoms with Gasteiger partial charge in [0, 0.05) is 45.0 Å². The van der Waals surface area contributed by atoms with Crippen molar-refractivity contribution in [1.29, 1.82) is 0 Å². The highest BCUT2D eigenvalue weighted by atomic mass is 35.5. The second kappa shape index (κ2) is 10.4. The molecule has 1 saturated carbocycles. The van der Waals surface area contributed by atoms with Gasteiger partial charge in [0.05, 0.1) is 33.5 Å². The molecular formula is C27H35ClN6O. The maximum absolute atomic E-state index is 13.8. The van der Waals surface area contributed by atoms with Crippen molar-refractivity contribution in [2.45, 2.75) is 58.5 Å². The minimum atomic E-state index is 0.0285. The number of pyridine rings is 1. The van der Waals surface area contributed by atoms with E-state index in [9.17, 15) is 4.79 Å². The first-order valence-electron chi connectivity index (χ1n) is 13.0. The normalized spacial score (nSPS) is 18.1. The second-order valence-corrected chi connectivity index (χ2v) is 10.2. The molecular weight excluding hydrogens is 460 g/mol. The van der Waals surface area contributed by atoms with Crippen LogP contribution >= 0.6 is 11.6 Å². The fourth-order valence-electron chi connectivity index (χ4n) is 5.58. The van der Waals surface area contributed by atoms with Crippen LogP contribution in [0.1, 0.15) is 56.3 Å². The third-order valence-corrected chi connectivity index (χ3v) is 8.00. The van der Waals surface area contributed by atoms with E-state index in [1.54, 1.807) is 6.20 Å². The highest BCUT2D eigenvalue weighted by Gasteiger charge is 2.28. The lowest BCUT2D eigenvalue weighted by molar-refractivity contribution is 0.0747. The van der Waals surface area contributed by atoms with Crippen molar-refractivity contribution in [2.75, 3.05) is 36.4 Å². The number of piperazine rings is 1. The number of aromatic nitrogens is 3. The van der Waals surface area contributed by atoms with Crippen LogP contribution in [0.15, 0.2) is 36.7 Å². The van der Waals surface area contributed by atoms with E-state index in [1.165, 1.54) is 32.1 Å². The van der Waals surface area contributed by atoms with Crippen LogP contribution in [-0.2, 0) is 6.54 Å². The molecule has 0 bridgehead atoms. The number of carbonyl (C=O) groups excluding carboxylic acids is 1. The molecule has 1 aliphatic carbocycles. The molecule has 1 unspecified atom stereocenters. The summed E-state index contributed by atoms with van der Waals surface area (Å²) in [7, 11) is 0. The molecule has 2 aliphatic rings. The van der Waals surface area contributed by atoms with E-state index in [-0.39, 0.29) is 11.9 Å². The molecule has 7 nitrogen and oxygen atoms in total. The van der Waals surface area contributed by atoms with Crippen molar-refractivity contribution in [1.82, 2.24) is 19.7 Å². The number of nitrogens with one attached hydrogen (secondary N) is 1. The first-order valence-corrected chi connectivity index (χ1v) is 13.3. The zero-order valence-corrected chi connectivity index (χ0v) is 21.5. The van der Waals surface area contributed by atoms with Crippen LogP contribution in [-0.4, -0.2) is 57.8 Å². The Morgan fingerprint density at radius 2 is 1.86 bits per heavy atom. The summed E-state index contributed by atoms with van der Waals surface area (Å²) in [6.07, 6.45) is 9.99. The van der Waals surface area contributed by atoms with E-state index >= 15 is 0 Å². The van der Waals surface area contributed by atoms with Gasteiger partial charge in [-0.3, -0.25) is 4.79 Å². The van der Waals surface area contributed by atoms with Crippen molar-refractivity contribution < 1.29 is 4.79 Å². The highest BCUT2D eigenvalue weighted by molar-refractivity contribution is 6.33. The van der Waals surface area contributed by atoms with Crippen LogP contribution in [0.4, 0.5) is 11.4 Å². The first kappa shape index (κ1) is 23.9. The van der Waals surface area contributed by atoms with Crippen LogP contribution in [0.2, 0.25) is 5.02 Å². The van der Waals surface area contributed by atoms with Gasteiger partial charge in [-0.05, 0) is 44.7 Å². The van der Waals surface area contributed by atoms with Gasteiger partial charge in [-0.1, -0.05) is 43.0 Å². The number of fused-ring (bicyclic) bond motifs is 1. The molecule has 0 spiro atoms. The van der Waals surface area contributed by atoms with Crippen molar-refractivity contribution in [3.63, 3.8) is 0 Å². The van der Waals surface area contributed by atoms with Gasteiger partial charge >= 0.3 is 0 Å². The van der Waals surface area contributed by atoms with Gasteiger partial charge in [0.1, 0.15) is 0 Å². The molecule has 0 radical (unpaired) electrons. The van der Waals surface area contributed by atoms with Crippen molar-refractivity contribution in [3.05, 3.63) is 47.2 Å². The lowest BCUT2D eigenvalue weighted by Crippen LogP contribution is -2.49. The van der Waals surface area contributed by atoms with E-state index in [0.29, 0.717) is 24.6 Å². The van der Waals surface area contributed by atoms with Gasteiger partial charge in [0.25, 0.3) is 5.91 Å². The van der Waals surface area contributed by atoms with E-state index in [1.807, 2.05) is 40.0 Å². The van der Waals surface area contributed by atoms with Crippen LogP contribution in [0, 0.1) is 5.92 Å². The minimum absolute atomic E-state index is 0.0285. The summed E-state index contributed by atoms with van der Waals surface area (Å²) in [5.74, 6) is 0.649. The number of nitrogens with zero attached hydrogens (tertiary/aromatic N) is 5. The molecule has 5 rings (SSSR count). The summed E-state index contributed by atoms with van der Waals surface area (Å²) in [4.78, 5) is 22.6. The summed E-state index contributed by atoms with van der Waals surface area (Å²) in [6.45, 7) is 7.85. The minimum Gasteiger partial charge on any atom is -0.381 e. The van der Waals surface area contributed by atoms with Crippen LogP contribution in [0.5, 0.6) is 0 Å². The predicted octanol–water partition coefficient (Wildman–Crippen LogP) is 5.45. The largest absolute Gasteiger partial charge is 0.381 e. The van der Waals surface area contributed by atoms with Crippen LogP contribution in [0.25, 0.3) is 11.0 Å². The lowest BCUT2D eigenvalue weighted by Gasteiger charge is -2.37. The number of halogens is 1. The average Bonchev–Trinajstić information content (AvgIpc) is 3.33. The standard InChI is InChI=1S/C27H35ClN6O/c1-3-34-26-21(18-30-34)25(31-19(2)20-9-5-4-6-10-20)22(17-29-26)27(35)33-15-13-32(14-16-33)24-12-8-7-11-23(24)28/h7-8,11-12,17-20H,3-6,9-10,13-16H2,1-2H3,(H,29,31). The summed E-state index contributed by atoms with van der Waals surface area (Å²) in [6, 6.07) is 8.18.